The quantitative estimate of drug-likeness (QED) is 0.644. The third kappa shape index (κ3) is 1.35. The Morgan fingerprint density at radius 3 is 2.94 bits per heavy atom. The zero-order chi connectivity index (χ0) is 11.1. The molecular weight excluding hydrogens is 315 g/mol. The number of fused-ring (bicyclic) bond motifs is 1. The lowest BCUT2D eigenvalue weighted by Crippen LogP contribution is -1.96. The average Bonchev–Trinajstić information content (AvgIpc) is 2.86. The van der Waals surface area contributed by atoms with E-state index in [1.54, 1.807) is 0 Å². The summed E-state index contributed by atoms with van der Waals surface area (Å²) < 4.78 is 5.05. The number of nitrogens with zero attached hydrogens (tertiary/aromatic N) is 4. The lowest BCUT2D eigenvalue weighted by atomic mass is 10.1. The van der Waals surface area contributed by atoms with E-state index < -0.39 is 0 Å². The Morgan fingerprint density at radius 1 is 1.31 bits per heavy atom. The summed E-state index contributed by atoms with van der Waals surface area (Å²) in [6.07, 6.45) is 7.55. The van der Waals surface area contributed by atoms with Gasteiger partial charge in [0.25, 0.3) is 0 Å². The SMILES string of the molecule is Cn1ncc(I)c1-c1cccn2cncc12. The van der Waals surface area contributed by atoms with E-state index in [4.69, 9.17) is 0 Å². The maximum absolute atomic E-state index is 4.26. The fraction of sp³-hybridized carbons (Fsp3) is 0.0909. The topological polar surface area (TPSA) is 35.1 Å². The lowest BCUT2D eigenvalue weighted by molar-refractivity contribution is 0.776. The van der Waals surface area contributed by atoms with Gasteiger partial charge in [-0.3, -0.25) is 4.68 Å². The highest BCUT2D eigenvalue weighted by Crippen LogP contribution is 2.27. The Hall–Kier alpha value is -1.37. The van der Waals surface area contributed by atoms with Gasteiger partial charge in [0.05, 0.1) is 33.5 Å². The van der Waals surface area contributed by atoms with Crippen LogP contribution in [0.3, 0.4) is 0 Å². The van der Waals surface area contributed by atoms with Crippen LogP contribution < -0.4 is 0 Å². The Bertz CT molecular complexity index is 633. The fourth-order valence-corrected chi connectivity index (χ4v) is 2.63. The van der Waals surface area contributed by atoms with Crippen molar-refractivity contribution in [2.24, 2.45) is 7.05 Å². The second-order valence-electron chi connectivity index (χ2n) is 3.57. The summed E-state index contributed by atoms with van der Waals surface area (Å²) in [5.74, 6) is 0. The van der Waals surface area contributed by atoms with Crippen molar-refractivity contribution in [1.82, 2.24) is 19.2 Å². The highest BCUT2D eigenvalue weighted by molar-refractivity contribution is 14.1. The Morgan fingerprint density at radius 2 is 2.19 bits per heavy atom. The summed E-state index contributed by atoms with van der Waals surface area (Å²) in [6, 6.07) is 4.11. The number of imidazole rings is 1. The van der Waals surface area contributed by atoms with E-state index in [1.807, 2.05) is 47.1 Å². The van der Waals surface area contributed by atoms with Crippen LogP contribution in [-0.4, -0.2) is 19.2 Å². The minimum atomic E-state index is 1.10. The van der Waals surface area contributed by atoms with Crippen LogP contribution in [0, 0.1) is 3.57 Å². The van der Waals surface area contributed by atoms with Gasteiger partial charge in [0.1, 0.15) is 0 Å². The van der Waals surface area contributed by atoms with Crippen molar-refractivity contribution in [1.29, 1.82) is 0 Å². The molecule has 0 bridgehead atoms. The van der Waals surface area contributed by atoms with Crippen molar-refractivity contribution in [2.75, 3.05) is 0 Å². The monoisotopic (exact) mass is 324 g/mol. The third-order valence-electron chi connectivity index (χ3n) is 2.60. The van der Waals surface area contributed by atoms with Crippen molar-refractivity contribution in [3.8, 4) is 11.3 Å². The van der Waals surface area contributed by atoms with Crippen LogP contribution in [0.25, 0.3) is 16.8 Å². The molecule has 0 fully saturated rings. The molecule has 3 heterocycles. The standard InChI is InChI=1S/C11H9IN4/c1-15-11(9(12)5-14-15)8-3-2-4-16-7-13-6-10(8)16/h2-7H,1H3. The number of aromatic nitrogens is 4. The van der Waals surface area contributed by atoms with Crippen LogP contribution in [0.5, 0.6) is 0 Å². The van der Waals surface area contributed by atoms with Crippen molar-refractivity contribution in [3.63, 3.8) is 0 Å². The molecule has 0 saturated heterocycles. The molecule has 0 amide bonds. The molecule has 0 atom stereocenters. The average molecular weight is 324 g/mol. The number of pyridine rings is 1. The molecule has 0 aliphatic rings. The molecule has 0 saturated carbocycles. The number of aryl methyl sites for hydroxylation is 1. The summed E-state index contributed by atoms with van der Waals surface area (Å²) >= 11 is 2.30. The minimum absolute atomic E-state index is 1.10. The van der Waals surface area contributed by atoms with Gasteiger partial charge in [0.2, 0.25) is 0 Å². The molecule has 0 spiro atoms. The summed E-state index contributed by atoms with van der Waals surface area (Å²) in [4.78, 5) is 4.16. The maximum atomic E-state index is 4.26. The summed E-state index contributed by atoms with van der Waals surface area (Å²) in [5.41, 5.74) is 3.39. The summed E-state index contributed by atoms with van der Waals surface area (Å²) in [6.45, 7) is 0. The van der Waals surface area contributed by atoms with Crippen molar-refractivity contribution in [3.05, 3.63) is 40.6 Å². The van der Waals surface area contributed by atoms with Gasteiger partial charge in [-0.25, -0.2) is 4.98 Å². The van der Waals surface area contributed by atoms with Crippen LogP contribution in [0.1, 0.15) is 0 Å². The molecule has 0 unspecified atom stereocenters. The normalized spacial score (nSPS) is 11.1. The summed E-state index contributed by atoms with van der Waals surface area (Å²) in [5, 5.41) is 4.26. The van der Waals surface area contributed by atoms with Crippen LogP contribution in [-0.2, 0) is 7.05 Å². The number of hydrogen-bond donors (Lipinski definition) is 0. The predicted molar refractivity (Wildman–Crippen MR) is 70.1 cm³/mol. The number of hydrogen-bond acceptors (Lipinski definition) is 2. The first-order chi connectivity index (χ1) is 7.77. The molecule has 4 nitrogen and oxygen atoms in total. The molecular formula is C11H9IN4. The largest absolute Gasteiger partial charge is 0.306 e. The van der Waals surface area contributed by atoms with Crippen molar-refractivity contribution < 1.29 is 0 Å². The first-order valence-electron chi connectivity index (χ1n) is 4.86. The lowest BCUT2D eigenvalue weighted by Gasteiger charge is -2.05. The third-order valence-corrected chi connectivity index (χ3v) is 3.39. The zero-order valence-corrected chi connectivity index (χ0v) is 10.8. The van der Waals surface area contributed by atoms with Gasteiger partial charge in [0.15, 0.2) is 0 Å². The van der Waals surface area contributed by atoms with Crippen LogP contribution >= 0.6 is 22.6 Å². The first-order valence-corrected chi connectivity index (χ1v) is 5.94. The fourth-order valence-electron chi connectivity index (χ4n) is 1.86. The molecule has 5 heteroatoms. The molecule has 0 radical (unpaired) electrons. The van der Waals surface area contributed by atoms with E-state index >= 15 is 0 Å². The van der Waals surface area contributed by atoms with E-state index in [1.165, 1.54) is 0 Å². The van der Waals surface area contributed by atoms with Gasteiger partial charge in [-0.05, 0) is 34.7 Å². The molecule has 3 aromatic heterocycles. The van der Waals surface area contributed by atoms with E-state index in [0.29, 0.717) is 0 Å². The Balaban J connectivity index is 2.38. The zero-order valence-electron chi connectivity index (χ0n) is 8.63. The van der Waals surface area contributed by atoms with Crippen LogP contribution in [0.15, 0.2) is 37.1 Å². The van der Waals surface area contributed by atoms with E-state index in [9.17, 15) is 0 Å². The van der Waals surface area contributed by atoms with Gasteiger partial charge in [0, 0.05) is 18.8 Å². The van der Waals surface area contributed by atoms with Crippen LogP contribution in [0.4, 0.5) is 0 Å². The van der Waals surface area contributed by atoms with Crippen molar-refractivity contribution >= 4 is 28.1 Å². The van der Waals surface area contributed by atoms with E-state index in [2.05, 4.69) is 38.7 Å². The molecule has 80 valence electrons. The highest BCUT2D eigenvalue weighted by Gasteiger charge is 2.11. The molecule has 16 heavy (non-hydrogen) atoms. The van der Waals surface area contributed by atoms with Crippen LogP contribution in [0.2, 0.25) is 0 Å². The molecule has 3 aromatic rings. The summed E-state index contributed by atoms with van der Waals surface area (Å²) in [7, 11) is 1.96. The molecule has 0 aromatic carbocycles. The number of halogens is 1. The smallest absolute Gasteiger partial charge is 0.0992 e. The second-order valence-corrected chi connectivity index (χ2v) is 4.73. The molecule has 0 N–H and O–H groups in total. The van der Waals surface area contributed by atoms with Gasteiger partial charge in [-0.2, -0.15) is 5.10 Å². The molecule has 0 aliphatic heterocycles. The van der Waals surface area contributed by atoms with E-state index in [0.717, 1.165) is 20.3 Å². The molecule has 0 aliphatic carbocycles. The highest BCUT2D eigenvalue weighted by atomic mass is 127. The van der Waals surface area contributed by atoms with E-state index in [-0.39, 0.29) is 0 Å². The maximum Gasteiger partial charge on any atom is 0.0992 e. The predicted octanol–water partition coefficient (Wildman–Crippen LogP) is 2.34. The van der Waals surface area contributed by atoms with Gasteiger partial charge in [-0.15, -0.1) is 0 Å². The number of rotatable bonds is 1. The van der Waals surface area contributed by atoms with Gasteiger partial charge >= 0.3 is 0 Å². The molecule has 3 rings (SSSR count). The second kappa shape index (κ2) is 3.58. The van der Waals surface area contributed by atoms with Crippen molar-refractivity contribution in [2.45, 2.75) is 0 Å². The Kier molecular flexibility index (Phi) is 2.20. The Labute approximate surface area is 106 Å². The van der Waals surface area contributed by atoms with Gasteiger partial charge < -0.3 is 4.40 Å². The minimum Gasteiger partial charge on any atom is -0.306 e. The van der Waals surface area contributed by atoms with Gasteiger partial charge in [-0.1, -0.05) is 0 Å². The first kappa shape index (κ1) is 9.83.